The molecule has 0 aliphatic carbocycles. The molecule has 1 nitrogen and oxygen atoms in total. The van der Waals surface area contributed by atoms with E-state index in [1.807, 2.05) is 0 Å². The van der Waals surface area contributed by atoms with Gasteiger partial charge in [0.05, 0.1) is 5.69 Å². The summed E-state index contributed by atoms with van der Waals surface area (Å²) in [5.41, 5.74) is 0.553. The molecule has 2 rings (SSSR count). The van der Waals surface area contributed by atoms with Gasteiger partial charge in [0.1, 0.15) is 6.04 Å². The zero-order valence-corrected chi connectivity index (χ0v) is 13.3. The van der Waals surface area contributed by atoms with Crippen molar-refractivity contribution in [2.45, 2.75) is 12.2 Å². The fourth-order valence-electron chi connectivity index (χ4n) is 1.76. The van der Waals surface area contributed by atoms with Crippen LogP contribution in [0.2, 0.25) is 0 Å². The third kappa shape index (κ3) is 3.76. The Kier molecular flexibility index (Phi) is 4.75. The molecule has 20 heavy (non-hydrogen) atoms. The molecule has 0 spiro atoms. The van der Waals surface area contributed by atoms with Crippen LogP contribution in [-0.4, -0.2) is 6.18 Å². The number of anilines is 1. The average molecular weight is 409 g/mol. The summed E-state index contributed by atoms with van der Waals surface area (Å²) in [6.07, 6.45) is -4.39. The first-order valence-electron chi connectivity index (χ1n) is 5.71. The summed E-state index contributed by atoms with van der Waals surface area (Å²) in [5, 5.41) is 2.54. The summed E-state index contributed by atoms with van der Waals surface area (Å²) in [6, 6.07) is 11.1. The zero-order valence-electron chi connectivity index (χ0n) is 10.1. The average Bonchev–Trinajstić information content (AvgIpc) is 2.39. The minimum atomic E-state index is -4.39. The fraction of sp³-hybridized carbons (Fsp3) is 0.143. The maximum atomic E-state index is 13.2. The van der Waals surface area contributed by atoms with Crippen LogP contribution >= 0.6 is 31.9 Å². The number of hydrogen-bond acceptors (Lipinski definition) is 1. The molecule has 0 fully saturated rings. The molecule has 0 radical (unpaired) electrons. The highest BCUT2D eigenvalue weighted by Crippen LogP contribution is 2.38. The van der Waals surface area contributed by atoms with Gasteiger partial charge in [0.15, 0.2) is 0 Å². The molecule has 0 heterocycles. The van der Waals surface area contributed by atoms with Gasteiger partial charge in [-0.1, -0.05) is 46.3 Å². The number of rotatable bonds is 3. The van der Waals surface area contributed by atoms with Crippen molar-refractivity contribution in [2.75, 3.05) is 5.32 Å². The van der Waals surface area contributed by atoms with Crippen molar-refractivity contribution >= 4 is 37.5 Å². The zero-order chi connectivity index (χ0) is 14.8. The van der Waals surface area contributed by atoms with E-state index in [2.05, 4.69) is 37.2 Å². The molecule has 1 N–H and O–H groups in total. The molecule has 0 saturated carbocycles. The standard InChI is InChI=1S/C14H10Br2F3N/c15-10-6-7-11(16)12(8-10)20-13(14(17,18)19)9-4-2-1-3-5-9/h1-8,13,20H. The molecular formula is C14H10Br2F3N. The van der Waals surface area contributed by atoms with Crippen LogP contribution in [-0.2, 0) is 0 Å². The number of hydrogen-bond donors (Lipinski definition) is 1. The van der Waals surface area contributed by atoms with Gasteiger partial charge in [-0.15, -0.1) is 0 Å². The van der Waals surface area contributed by atoms with Crippen LogP contribution in [0.1, 0.15) is 11.6 Å². The third-order valence-electron chi connectivity index (χ3n) is 2.69. The summed E-state index contributed by atoms with van der Waals surface area (Å²) in [5.74, 6) is 0. The highest BCUT2D eigenvalue weighted by molar-refractivity contribution is 9.11. The fourth-order valence-corrected chi connectivity index (χ4v) is 2.49. The Morgan fingerprint density at radius 2 is 1.60 bits per heavy atom. The lowest BCUT2D eigenvalue weighted by Gasteiger charge is -2.24. The normalized spacial score (nSPS) is 13.1. The van der Waals surface area contributed by atoms with E-state index in [-0.39, 0.29) is 5.56 Å². The molecule has 2 aromatic carbocycles. The van der Waals surface area contributed by atoms with Crippen LogP contribution in [0.3, 0.4) is 0 Å². The van der Waals surface area contributed by atoms with Crippen molar-refractivity contribution < 1.29 is 13.2 Å². The maximum Gasteiger partial charge on any atom is 0.412 e. The molecule has 0 aliphatic heterocycles. The van der Waals surface area contributed by atoms with Crippen molar-refractivity contribution in [3.63, 3.8) is 0 Å². The summed E-state index contributed by atoms with van der Waals surface area (Å²) in [7, 11) is 0. The number of benzene rings is 2. The Balaban J connectivity index is 2.37. The van der Waals surface area contributed by atoms with Gasteiger partial charge >= 0.3 is 6.18 Å². The van der Waals surface area contributed by atoms with E-state index in [0.717, 1.165) is 0 Å². The van der Waals surface area contributed by atoms with E-state index >= 15 is 0 Å². The van der Waals surface area contributed by atoms with Crippen LogP contribution < -0.4 is 5.32 Å². The van der Waals surface area contributed by atoms with Gasteiger partial charge in [0.25, 0.3) is 0 Å². The Bertz CT molecular complexity index is 585. The van der Waals surface area contributed by atoms with Crippen LogP contribution in [0, 0.1) is 0 Å². The lowest BCUT2D eigenvalue weighted by Crippen LogP contribution is -2.28. The van der Waals surface area contributed by atoms with E-state index in [0.29, 0.717) is 14.6 Å². The van der Waals surface area contributed by atoms with E-state index in [9.17, 15) is 13.2 Å². The van der Waals surface area contributed by atoms with Crippen molar-refractivity contribution in [2.24, 2.45) is 0 Å². The minimum Gasteiger partial charge on any atom is -0.369 e. The van der Waals surface area contributed by atoms with Crippen LogP contribution in [0.4, 0.5) is 18.9 Å². The van der Waals surface area contributed by atoms with Gasteiger partial charge in [0.2, 0.25) is 0 Å². The molecule has 0 aliphatic rings. The van der Waals surface area contributed by atoms with E-state index in [1.54, 1.807) is 36.4 Å². The largest absolute Gasteiger partial charge is 0.412 e. The number of alkyl halides is 3. The predicted molar refractivity (Wildman–Crippen MR) is 80.7 cm³/mol. The lowest BCUT2D eigenvalue weighted by molar-refractivity contribution is -0.144. The van der Waals surface area contributed by atoms with E-state index in [4.69, 9.17) is 0 Å². The van der Waals surface area contributed by atoms with Crippen molar-refractivity contribution in [3.05, 3.63) is 63.0 Å². The SMILES string of the molecule is FC(F)(F)C(Nc1cc(Br)ccc1Br)c1ccccc1. The molecule has 0 aromatic heterocycles. The summed E-state index contributed by atoms with van der Waals surface area (Å²) >= 11 is 6.50. The second-order valence-corrected chi connectivity index (χ2v) is 5.92. The lowest BCUT2D eigenvalue weighted by atomic mass is 10.1. The van der Waals surface area contributed by atoms with Gasteiger partial charge in [-0.05, 0) is 39.7 Å². The van der Waals surface area contributed by atoms with Crippen LogP contribution in [0.15, 0.2) is 57.5 Å². The molecule has 2 aromatic rings. The molecule has 1 unspecified atom stereocenters. The van der Waals surface area contributed by atoms with Gasteiger partial charge in [-0.25, -0.2) is 0 Å². The topological polar surface area (TPSA) is 12.0 Å². The Labute approximate surface area is 131 Å². The first-order chi connectivity index (χ1) is 9.38. The molecule has 0 bridgehead atoms. The molecule has 6 heteroatoms. The van der Waals surface area contributed by atoms with Gasteiger partial charge < -0.3 is 5.32 Å². The quantitative estimate of drug-likeness (QED) is 0.663. The van der Waals surface area contributed by atoms with Crippen molar-refractivity contribution in [1.82, 2.24) is 0 Å². The number of nitrogens with one attached hydrogen (secondary N) is 1. The smallest absolute Gasteiger partial charge is 0.369 e. The minimum absolute atomic E-state index is 0.173. The Morgan fingerprint density at radius 1 is 0.950 bits per heavy atom. The third-order valence-corrected chi connectivity index (χ3v) is 3.87. The molecule has 1 atom stereocenters. The summed E-state index contributed by atoms with van der Waals surface area (Å²) in [6.45, 7) is 0. The van der Waals surface area contributed by atoms with Crippen LogP contribution in [0.5, 0.6) is 0 Å². The van der Waals surface area contributed by atoms with E-state index in [1.165, 1.54) is 12.1 Å². The van der Waals surface area contributed by atoms with Crippen LogP contribution in [0.25, 0.3) is 0 Å². The maximum absolute atomic E-state index is 13.2. The van der Waals surface area contributed by atoms with Crippen molar-refractivity contribution in [1.29, 1.82) is 0 Å². The molecule has 0 amide bonds. The van der Waals surface area contributed by atoms with E-state index < -0.39 is 12.2 Å². The van der Waals surface area contributed by atoms with Gasteiger partial charge in [-0.3, -0.25) is 0 Å². The highest BCUT2D eigenvalue weighted by Gasteiger charge is 2.41. The second-order valence-electron chi connectivity index (χ2n) is 4.15. The molecule has 106 valence electrons. The van der Waals surface area contributed by atoms with Gasteiger partial charge in [0, 0.05) is 8.95 Å². The Morgan fingerprint density at radius 3 is 2.20 bits per heavy atom. The molecule has 0 saturated heterocycles. The first-order valence-corrected chi connectivity index (χ1v) is 7.30. The monoisotopic (exact) mass is 407 g/mol. The summed E-state index contributed by atoms with van der Waals surface area (Å²) < 4.78 is 41.0. The summed E-state index contributed by atoms with van der Waals surface area (Å²) in [4.78, 5) is 0. The van der Waals surface area contributed by atoms with Crippen molar-refractivity contribution in [3.8, 4) is 0 Å². The first kappa shape index (κ1) is 15.4. The Hall–Kier alpha value is -1.01. The number of halogens is 5. The predicted octanol–water partition coefficient (Wildman–Crippen LogP) is 5.93. The highest BCUT2D eigenvalue weighted by atomic mass is 79.9. The second kappa shape index (κ2) is 6.18. The molecular weight excluding hydrogens is 399 g/mol. The van der Waals surface area contributed by atoms with Gasteiger partial charge in [-0.2, -0.15) is 13.2 Å².